The number of benzene rings is 1. The number of ether oxygens (including phenoxy) is 4. The molecule has 6 heteroatoms. The van der Waals surface area contributed by atoms with Crippen LogP contribution in [0.2, 0.25) is 0 Å². The van der Waals surface area contributed by atoms with Crippen LogP contribution in [0.25, 0.3) is 6.08 Å². The molecule has 5 rings (SSSR count). The summed E-state index contributed by atoms with van der Waals surface area (Å²) in [5.74, 6) is 0. The van der Waals surface area contributed by atoms with Crippen LogP contribution in [0.1, 0.15) is 11.1 Å². The van der Waals surface area contributed by atoms with Gasteiger partial charge in [-0.15, -0.1) is 0 Å². The van der Waals surface area contributed by atoms with E-state index in [4.69, 9.17) is 18.9 Å². The fourth-order valence-corrected chi connectivity index (χ4v) is 3.24. The number of aliphatic hydroxyl groups excluding tert-OH is 2. The summed E-state index contributed by atoms with van der Waals surface area (Å²) >= 11 is 0. The highest BCUT2D eigenvalue weighted by Gasteiger charge is 2.61. The summed E-state index contributed by atoms with van der Waals surface area (Å²) in [6.07, 6.45) is -2.35. The molecular formula is C16H18O6. The molecule has 2 N–H and O–H groups in total. The summed E-state index contributed by atoms with van der Waals surface area (Å²) in [4.78, 5) is 0. The van der Waals surface area contributed by atoms with Gasteiger partial charge >= 0.3 is 0 Å². The summed E-state index contributed by atoms with van der Waals surface area (Å²) in [6, 6.07) is 7.80. The maximum Gasteiger partial charge on any atom is 0.272 e. The average Bonchev–Trinajstić information content (AvgIpc) is 2.55. The fourth-order valence-electron chi connectivity index (χ4n) is 3.24. The zero-order chi connectivity index (χ0) is 15.3. The highest BCUT2D eigenvalue weighted by Crippen LogP contribution is 2.41. The van der Waals surface area contributed by atoms with Crippen LogP contribution < -0.4 is 0 Å². The van der Waals surface area contributed by atoms with Gasteiger partial charge in [0.2, 0.25) is 0 Å². The Morgan fingerprint density at radius 1 is 1.00 bits per heavy atom. The van der Waals surface area contributed by atoms with E-state index in [2.05, 4.69) is 6.58 Å². The van der Waals surface area contributed by atoms with Crippen molar-refractivity contribution in [3.05, 3.63) is 42.0 Å². The second-order valence-electron chi connectivity index (χ2n) is 5.79. The van der Waals surface area contributed by atoms with E-state index in [9.17, 15) is 10.2 Å². The van der Waals surface area contributed by atoms with Gasteiger partial charge < -0.3 is 29.2 Å². The number of hydrogen-bond acceptors (Lipinski definition) is 6. The molecule has 0 spiro atoms. The lowest BCUT2D eigenvalue weighted by molar-refractivity contribution is -0.484. The predicted octanol–water partition coefficient (Wildman–Crippen LogP) is 0.417. The Labute approximate surface area is 127 Å². The smallest absolute Gasteiger partial charge is 0.272 e. The lowest BCUT2D eigenvalue weighted by atomic mass is 9.82. The van der Waals surface area contributed by atoms with Crippen molar-refractivity contribution in [1.82, 2.24) is 0 Å². The van der Waals surface area contributed by atoms with Crippen LogP contribution in [0.4, 0.5) is 0 Å². The number of hydrogen-bond donors (Lipinski definition) is 2. The first kappa shape index (κ1) is 14.3. The minimum atomic E-state index is -0.917. The van der Waals surface area contributed by atoms with Gasteiger partial charge in [-0.1, -0.05) is 36.9 Å². The molecule has 1 aromatic rings. The lowest BCUT2D eigenvalue weighted by Crippen LogP contribution is -2.75. The molecular weight excluding hydrogens is 288 g/mol. The third-order valence-corrected chi connectivity index (χ3v) is 4.46. The van der Waals surface area contributed by atoms with Crippen molar-refractivity contribution in [2.45, 2.75) is 49.7 Å². The van der Waals surface area contributed by atoms with Gasteiger partial charge in [-0.2, -0.15) is 0 Å². The second-order valence-corrected chi connectivity index (χ2v) is 5.79. The molecule has 1 aromatic carbocycles. The average molecular weight is 306 g/mol. The van der Waals surface area contributed by atoms with Crippen molar-refractivity contribution in [3.8, 4) is 0 Å². The number of rotatable bonds is 4. The van der Waals surface area contributed by atoms with Gasteiger partial charge in [0, 0.05) is 0 Å². The van der Waals surface area contributed by atoms with Gasteiger partial charge in [0.05, 0.1) is 6.61 Å². The van der Waals surface area contributed by atoms with Crippen molar-refractivity contribution in [2.75, 3.05) is 0 Å². The van der Waals surface area contributed by atoms with Gasteiger partial charge in [-0.05, 0) is 11.1 Å². The van der Waals surface area contributed by atoms with Gasteiger partial charge in [-0.3, -0.25) is 0 Å². The molecule has 3 saturated heterocycles. The molecule has 3 heterocycles. The van der Waals surface area contributed by atoms with E-state index < -0.39 is 43.1 Å². The standard InChI is InChI=1S/C16H18O6/c1-2-8-3-5-9(6-4-8)7-19-15-13-10(17)12-11(18)14(15)22-16(20-12)21-13/h2-6,10-18H,1,7H2/t10-,11+,12?,13?,14?,15?,16?. The summed E-state index contributed by atoms with van der Waals surface area (Å²) in [5, 5.41) is 20.4. The van der Waals surface area contributed by atoms with Crippen molar-refractivity contribution in [1.29, 1.82) is 0 Å². The highest BCUT2D eigenvalue weighted by atomic mass is 16.9. The summed E-state index contributed by atoms with van der Waals surface area (Å²) in [7, 11) is 0. The molecule has 4 aliphatic rings. The molecule has 22 heavy (non-hydrogen) atoms. The Hall–Kier alpha value is -1.28. The first-order valence-corrected chi connectivity index (χ1v) is 7.33. The van der Waals surface area contributed by atoms with Gasteiger partial charge in [0.1, 0.15) is 36.6 Å². The molecule has 4 bridgehead atoms. The highest BCUT2D eigenvalue weighted by molar-refractivity contribution is 5.47. The molecule has 4 fully saturated rings. The first-order chi connectivity index (χ1) is 10.7. The summed E-state index contributed by atoms with van der Waals surface area (Å²) in [6.45, 7) is 3.24. The van der Waals surface area contributed by atoms with E-state index in [0.717, 1.165) is 11.1 Å². The Bertz CT molecular complexity index is 538. The fraction of sp³-hybridized carbons (Fsp3) is 0.500. The minimum absolute atomic E-state index is 0.345. The predicted molar refractivity (Wildman–Crippen MR) is 75.5 cm³/mol. The molecule has 6 nitrogen and oxygen atoms in total. The van der Waals surface area contributed by atoms with Crippen molar-refractivity contribution in [3.63, 3.8) is 0 Å². The Morgan fingerprint density at radius 3 is 2.18 bits per heavy atom. The molecule has 5 unspecified atom stereocenters. The Balaban J connectivity index is 1.47. The minimum Gasteiger partial charge on any atom is -0.387 e. The van der Waals surface area contributed by atoms with E-state index in [1.54, 1.807) is 6.08 Å². The van der Waals surface area contributed by atoms with E-state index in [-0.39, 0.29) is 0 Å². The van der Waals surface area contributed by atoms with E-state index >= 15 is 0 Å². The largest absolute Gasteiger partial charge is 0.387 e. The van der Waals surface area contributed by atoms with E-state index in [0.29, 0.717) is 6.61 Å². The van der Waals surface area contributed by atoms with Crippen LogP contribution in [-0.2, 0) is 25.6 Å². The molecule has 7 atom stereocenters. The maximum atomic E-state index is 10.2. The van der Waals surface area contributed by atoms with Gasteiger partial charge in [0.15, 0.2) is 0 Å². The third kappa shape index (κ3) is 2.20. The molecule has 1 aliphatic carbocycles. The molecule has 3 aliphatic heterocycles. The second kappa shape index (κ2) is 5.42. The Kier molecular flexibility index (Phi) is 3.53. The van der Waals surface area contributed by atoms with Gasteiger partial charge in [-0.25, -0.2) is 0 Å². The molecule has 0 radical (unpaired) electrons. The van der Waals surface area contributed by atoms with Crippen molar-refractivity contribution in [2.24, 2.45) is 0 Å². The zero-order valence-corrected chi connectivity index (χ0v) is 11.9. The Morgan fingerprint density at radius 2 is 1.59 bits per heavy atom. The topological polar surface area (TPSA) is 77.4 Å². The van der Waals surface area contributed by atoms with Gasteiger partial charge in [0.25, 0.3) is 6.48 Å². The third-order valence-electron chi connectivity index (χ3n) is 4.46. The van der Waals surface area contributed by atoms with E-state index in [1.807, 2.05) is 24.3 Å². The van der Waals surface area contributed by atoms with Crippen LogP contribution in [0.5, 0.6) is 0 Å². The first-order valence-electron chi connectivity index (χ1n) is 7.33. The quantitative estimate of drug-likeness (QED) is 0.839. The zero-order valence-electron chi connectivity index (χ0n) is 11.9. The van der Waals surface area contributed by atoms with Crippen molar-refractivity contribution >= 4 is 6.08 Å². The SMILES string of the molecule is C=Cc1ccc(COC2C3OC4OC2[C@H](O)C(O4)[C@@H]3O)cc1. The monoisotopic (exact) mass is 306 g/mol. The maximum absolute atomic E-state index is 10.2. The molecule has 118 valence electrons. The molecule has 1 saturated carbocycles. The normalized spacial score (nSPS) is 42.5. The number of aliphatic hydroxyl groups is 2. The molecule has 0 aromatic heterocycles. The summed E-state index contributed by atoms with van der Waals surface area (Å²) in [5.41, 5.74) is 2.02. The van der Waals surface area contributed by atoms with Crippen LogP contribution in [0, 0.1) is 0 Å². The summed E-state index contributed by atoms with van der Waals surface area (Å²) < 4.78 is 22.1. The van der Waals surface area contributed by atoms with E-state index in [1.165, 1.54) is 0 Å². The van der Waals surface area contributed by atoms with Crippen LogP contribution in [0.15, 0.2) is 30.8 Å². The van der Waals surface area contributed by atoms with Crippen LogP contribution in [0.3, 0.4) is 0 Å². The van der Waals surface area contributed by atoms with Crippen LogP contribution >= 0.6 is 0 Å². The van der Waals surface area contributed by atoms with Crippen molar-refractivity contribution < 1.29 is 29.2 Å². The van der Waals surface area contributed by atoms with Crippen LogP contribution in [-0.4, -0.2) is 53.3 Å². The lowest BCUT2D eigenvalue weighted by Gasteiger charge is -2.56. The molecule has 0 amide bonds.